The normalized spacial score (nSPS) is 27.6. The average molecular weight is 350 g/mol. The number of nitrogens with two attached hydrogens (primary N) is 1. The van der Waals surface area contributed by atoms with Crippen LogP contribution in [-0.4, -0.2) is 11.2 Å². The summed E-state index contributed by atoms with van der Waals surface area (Å²) < 4.78 is 56.1. The fourth-order valence-electron chi connectivity index (χ4n) is 3.72. The van der Waals surface area contributed by atoms with E-state index in [1.165, 1.54) is 19.9 Å². The number of nitrogens with zero attached hydrogens (tertiary/aromatic N) is 1. The summed E-state index contributed by atoms with van der Waals surface area (Å²) in [5.41, 5.74) is 2.56. The largest absolute Gasteiger partial charge is 0.412 e. The first-order chi connectivity index (χ1) is 10.4. The predicted octanol–water partition coefficient (Wildman–Crippen LogP) is 5.57. The number of halogens is 4. The number of allylic oxidation sites excluding steroid dienone is 2. The van der Waals surface area contributed by atoms with Crippen molar-refractivity contribution < 1.29 is 17.6 Å². The molecule has 2 N–H and O–H groups in total. The first kappa shape index (κ1) is 18.2. The second kappa shape index (κ2) is 5.46. The molecule has 2 nitrogen and oxygen atoms in total. The van der Waals surface area contributed by atoms with Gasteiger partial charge in [-0.1, -0.05) is 45.1 Å². The number of alkyl halides is 4. The number of nitrogen functional groups attached to an aromatic ring is 1. The Balaban J connectivity index is 2.70. The zero-order chi connectivity index (χ0) is 17.8. The molecular weight excluding hydrogens is 328 g/mol. The Kier molecular flexibility index (Phi) is 4.33. The highest BCUT2D eigenvalue weighted by atomic mass is 32.1. The van der Waals surface area contributed by atoms with E-state index in [1.54, 1.807) is 20.8 Å². The Morgan fingerprint density at radius 2 is 2.00 bits per heavy atom. The van der Waals surface area contributed by atoms with E-state index in [-0.39, 0.29) is 11.6 Å². The van der Waals surface area contributed by atoms with Crippen LogP contribution < -0.4 is 5.73 Å². The Morgan fingerprint density at radius 1 is 1.43 bits per heavy atom. The van der Waals surface area contributed by atoms with Gasteiger partial charge >= 0.3 is 6.18 Å². The van der Waals surface area contributed by atoms with Gasteiger partial charge in [0.25, 0.3) is 0 Å². The molecule has 0 amide bonds. The fourth-order valence-corrected chi connectivity index (χ4v) is 4.78. The topological polar surface area (TPSA) is 38.9 Å². The third-order valence-corrected chi connectivity index (χ3v) is 6.33. The highest BCUT2D eigenvalue weighted by Crippen LogP contribution is 2.68. The van der Waals surface area contributed by atoms with Gasteiger partial charge in [-0.2, -0.15) is 13.2 Å². The van der Waals surface area contributed by atoms with E-state index >= 15 is 0 Å². The van der Waals surface area contributed by atoms with Gasteiger partial charge < -0.3 is 5.73 Å². The molecule has 0 aromatic carbocycles. The summed E-state index contributed by atoms with van der Waals surface area (Å²) in [6, 6.07) is 0. The summed E-state index contributed by atoms with van der Waals surface area (Å²) in [5.74, 6) is -0.429. The molecule has 0 saturated heterocycles. The molecule has 3 atom stereocenters. The summed E-state index contributed by atoms with van der Waals surface area (Å²) in [5, 5.41) is 0.195. The summed E-state index contributed by atoms with van der Waals surface area (Å²) in [6.07, 6.45) is -4.61. The molecule has 0 spiro atoms. The minimum absolute atomic E-state index is 0.195. The van der Waals surface area contributed by atoms with Crippen LogP contribution >= 0.6 is 11.3 Å². The molecule has 2 rings (SSSR count). The molecule has 1 aliphatic rings. The minimum atomic E-state index is -4.52. The molecule has 1 aromatic rings. The zero-order valence-electron chi connectivity index (χ0n) is 13.9. The second-order valence-electron chi connectivity index (χ2n) is 6.71. The number of fused-ring (bicyclic) bond motifs is 1. The van der Waals surface area contributed by atoms with Crippen molar-refractivity contribution in [1.82, 2.24) is 4.98 Å². The number of anilines is 1. The van der Waals surface area contributed by atoms with Crippen LogP contribution in [-0.2, 0) is 5.41 Å². The molecule has 1 heterocycles. The SMILES string of the molecule is CC/C=C(/C(F)(F)F)[C@](C)(C(C)C)C1(C)c2nc(N)sc2[C@H]1F. The van der Waals surface area contributed by atoms with Crippen LogP contribution in [0.1, 0.15) is 57.8 Å². The van der Waals surface area contributed by atoms with Crippen LogP contribution in [0.3, 0.4) is 0 Å². The van der Waals surface area contributed by atoms with Crippen LogP contribution in [0.5, 0.6) is 0 Å². The summed E-state index contributed by atoms with van der Waals surface area (Å²) in [4.78, 5) is 4.49. The van der Waals surface area contributed by atoms with Crippen molar-refractivity contribution in [2.75, 3.05) is 5.73 Å². The highest BCUT2D eigenvalue weighted by Gasteiger charge is 2.67. The first-order valence-corrected chi connectivity index (χ1v) is 8.42. The Morgan fingerprint density at radius 3 is 2.43 bits per heavy atom. The quantitative estimate of drug-likeness (QED) is 0.570. The van der Waals surface area contributed by atoms with E-state index in [0.717, 1.165) is 11.3 Å². The van der Waals surface area contributed by atoms with E-state index in [0.29, 0.717) is 10.6 Å². The monoisotopic (exact) mass is 350 g/mol. The van der Waals surface area contributed by atoms with Crippen LogP contribution in [0.4, 0.5) is 22.7 Å². The van der Waals surface area contributed by atoms with Gasteiger partial charge in [-0.05, 0) is 19.3 Å². The van der Waals surface area contributed by atoms with Crippen LogP contribution in [0.2, 0.25) is 0 Å². The summed E-state index contributed by atoms with van der Waals surface area (Å²) >= 11 is 1.02. The van der Waals surface area contributed by atoms with Gasteiger partial charge in [0.05, 0.1) is 16.0 Å². The molecule has 0 radical (unpaired) electrons. The van der Waals surface area contributed by atoms with Gasteiger partial charge in [-0.3, -0.25) is 0 Å². The lowest BCUT2D eigenvalue weighted by Crippen LogP contribution is -2.56. The fraction of sp³-hybridized carbons (Fsp3) is 0.688. The van der Waals surface area contributed by atoms with Gasteiger partial charge in [0.15, 0.2) is 5.13 Å². The van der Waals surface area contributed by atoms with E-state index in [2.05, 4.69) is 4.98 Å². The van der Waals surface area contributed by atoms with Crippen LogP contribution in [0.15, 0.2) is 11.6 Å². The number of aromatic nitrogens is 1. The van der Waals surface area contributed by atoms with E-state index in [4.69, 9.17) is 5.73 Å². The van der Waals surface area contributed by atoms with Crippen molar-refractivity contribution in [2.24, 2.45) is 11.3 Å². The van der Waals surface area contributed by atoms with Gasteiger partial charge in [-0.15, -0.1) is 0 Å². The lowest BCUT2D eigenvalue weighted by Gasteiger charge is -2.56. The van der Waals surface area contributed by atoms with E-state index in [9.17, 15) is 17.6 Å². The zero-order valence-corrected chi connectivity index (χ0v) is 14.7. The molecule has 23 heavy (non-hydrogen) atoms. The third-order valence-electron chi connectivity index (χ3n) is 5.41. The molecule has 0 fully saturated rings. The molecule has 0 saturated carbocycles. The van der Waals surface area contributed by atoms with Gasteiger partial charge in [0, 0.05) is 11.0 Å². The van der Waals surface area contributed by atoms with Crippen LogP contribution in [0, 0.1) is 11.3 Å². The van der Waals surface area contributed by atoms with Gasteiger partial charge in [0.2, 0.25) is 0 Å². The Labute approximate surface area is 137 Å². The molecular formula is C16H22F4N2S. The average Bonchev–Trinajstić information content (AvgIpc) is 2.80. The number of hydrogen-bond acceptors (Lipinski definition) is 3. The minimum Gasteiger partial charge on any atom is -0.375 e. The van der Waals surface area contributed by atoms with Crippen LogP contribution in [0.25, 0.3) is 0 Å². The van der Waals surface area contributed by atoms with Crippen molar-refractivity contribution in [2.45, 2.75) is 58.8 Å². The Hall–Kier alpha value is -1.11. The van der Waals surface area contributed by atoms with Gasteiger partial charge in [0.1, 0.15) is 6.17 Å². The van der Waals surface area contributed by atoms with E-state index < -0.39 is 34.7 Å². The molecule has 7 heteroatoms. The number of hydrogen-bond donors (Lipinski definition) is 1. The maximum absolute atomic E-state index is 14.9. The van der Waals surface area contributed by atoms with E-state index in [1.807, 2.05) is 0 Å². The van der Waals surface area contributed by atoms with Gasteiger partial charge in [-0.25, -0.2) is 9.37 Å². The lowest BCUT2D eigenvalue weighted by atomic mass is 9.48. The molecule has 0 bridgehead atoms. The smallest absolute Gasteiger partial charge is 0.375 e. The highest BCUT2D eigenvalue weighted by molar-refractivity contribution is 7.15. The predicted molar refractivity (Wildman–Crippen MR) is 85.1 cm³/mol. The van der Waals surface area contributed by atoms with Crippen molar-refractivity contribution in [1.29, 1.82) is 0 Å². The standard InChI is InChI=1S/C16H22F4N2S/c1-6-7-9(16(18,19)20)14(4,8(2)3)15(5)11(17)10-12(15)22-13(21)23-10/h7-8,11H,6H2,1-5H3,(H2,21,22)/b9-7+/t11-,14+,15?/m1/s1. The summed E-state index contributed by atoms with van der Waals surface area (Å²) in [6.45, 7) is 8.07. The molecule has 1 unspecified atom stereocenters. The molecule has 1 aliphatic carbocycles. The molecule has 0 aliphatic heterocycles. The second-order valence-corrected chi connectivity index (χ2v) is 7.77. The maximum atomic E-state index is 14.9. The lowest BCUT2D eigenvalue weighted by molar-refractivity contribution is -0.127. The molecule has 130 valence electrons. The van der Waals surface area contributed by atoms with Crippen molar-refractivity contribution in [3.05, 3.63) is 22.2 Å². The Bertz CT molecular complexity index is 635. The van der Waals surface area contributed by atoms with Crippen molar-refractivity contribution in [3.63, 3.8) is 0 Å². The number of thiazole rings is 1. The van der Waals surface area contributed by atoms with Crippen molar-refractivity contribution in [3.8, 4) is 0 Å². The maximum Gasteiger partial charge on any atom is 0.412 e. The first-order valence-electron chi connectivity index (χ1n) is 7.60. The summed E-state index contributed by atoms with van der Waals surface area (Å²) in [7, 11) is 0. The third kappa shape index (κ3) is 2.30. The molecule has 1 aromatic heterocycles. The number of rotatable bonds is 4. The van der Waals surface area contributed by atoms with Crippen molar-refractivity contribution >= 4 is 16.5 Å².